The van der Waals surface area contributed by atoms with E-state index < -0.39 is 11.3 Å². The molecular weight excluding hydrogens is 486 g/mol. The smallest absolute Gasteiger partial charge is 0.344 e. The molecule has 1 aliphatic rings. The lowest BCUT2D eigenvalue weighted by atomic mass is 9.96. The van der Waals surface area contributed by atoms with Crippen molar-refractivity contribution in [3.8, 4) is 16.9 Å². The minimum absolute atomic E-state index is 0.0432. The third-order valence-electron chi connectivity index (χ3n) is 6.48. The summed E-state index contributed by atoms with van der Waals surface area (Å²) in [6.07, 6.45) is 1.53. The Kier molecular flexibility index (Phi) is 6.55. The van der Waals surface area contributed by atoms with Crippen molar-refractivity contribution in [2.45, 2.75) is 26.3 Å². The Labute approximate surface area is 210 Å². The maximum atomic E-state index is 12.9. The van der Waals surface area contributed by atoms with E-state index in [2.05, 4.69) is 0 Å². The van der Waals surface area contributed by atoms with E-state index in [1.807, 2.05) is 4.90 Å². The van der Waals surface area contributed by atoms with Gasteiger partial charge in [0.2, 0.25) is 0 Å². The molecule has 9 heteroatoms. The fourth-order valence-electron chi connectivity index (χ4n) is 4.80. The van der Waals surface area contributed by atoms with Crippen LogP contribution < -0.4 is 11.3 Å². The lowest BCUT2D eigenvalue weighted by molar-refractivity contribution is -0.150. The van der Waals surface area contributed by atoms with Crippen LogP contribution in [-0.2, 0) is 16.1 Å². The molecule has 3 heterocycles. The summed E-state index contributed by atoms with van der Waals surface area (Å²) in [5, 5.41) is 12.3. The standard InChI is InChI=1S/C27H24ClNO7/c1-2-34-26(32)15-4-3-9-29(13-15)14-21-22(30)7-6-18-19(12-24(31)36-25(18)21)20-11-16-10-17(28)5-8-23(16)35-27(20)33/h5-8,10-12,15,30H,2-4,9,13-14H2,1H3. The van der Waals surface area contributed by atoms with Crippen molar-refractivity contribution >= 4 is 39.5 Å². The summed E-state index contributed by atoms with van der Waals surface area (Å²) in [6.45, 7) is 3.53. The average molecular weight is 510 g/mol. The number of likely N-dealkylation sites (tertiary alicyclic amines) is 1. The van der Waals surface area contributed by atoms with E-state index in [0.717, 1.165) is 12.8 Å². The molecule has 0 saturated carbocycles. The first-order valence-electron chi connectivity index (χ1n) is 11.8. The number of carbonyl (C=O) groups is 1. The summed E-state index contributed by atoms with van der Waals surface area (Å²) in [5.41, 5.74) is 0.198. The minimum Gasteiger partial charge on any atom is -0.507 e. The molecule has 1 aliphatic heterocycles. The Morgan fingerprint density at radius 3 is 2.78 bits per heavy atom. The van der Waals surface area contributed by atoms with Crippen molar-refractivity contribution in [1.82, 2.24) is 4.90 Å². The second-order valence-corrected chi connectivity index (χ2v) is 9.31. The van der Waals surface area contributed by atoms with Crippen LogP contribution in [0.4, 0.5) is 0 Å². The molecule has 0 spiro atoms. The Hall–Kier alpha value is -3.62. The number of benzene rings is 2. The Balaban J connectivity index is 1.59. The highest BCUT2D eigenvalue weighted by Crippen LogP contribution is 2.34. The van der Waals surface area contributed by atoms with Gasteiger partial charge in [0.1, 0.15) is 16.9 Å². The maximum absolute atomic E-state index is 12.9. The van der Waals surface area contributed by atoms with Crippen molar-refractivity contribution in [1.29, 1.82) is 0 Å². The molecule has 1 saturated heterocycles. The van der Waals surface area contributed by atoms with Gasteiger partial charge in [-0.25, -0.2) is 9.59 Å². The van der Waals surface area contributed by atoms with Crippen LogP contribution in [0.2, 0.25) is 5.02 Å². The van der Waals surface area contributed by atoms with Crippen LogP contribution in [0.3, 0.4) is 0 Å². The van der Waals surface area contributed by atoms with Crippen LogP contribution in [0.5, 0.6) is 5.75 Å². The van der Waals surface area contributed by atoms with Gasteiger partial charge in [0, 0.05) is 40.5 Å². The second-order valence-electron chi connectivity index (χ2n) is 8.88. The van der Waals surface area contributed by atoms with Crippen LogP contribution in [-0.4, -0.2) is 35.7 Å². The van der Waals surface area contributed by atoms with E-state index in [1.165, 1.54) is 12.1 Å². The van der Waals surface area contributed by atoms with Crippen molar-refractivity contribution in [2.75, 3.05) is 19.7 Å². The Bertz CT molecular complexity index is 1590. The molecule has 0 bridgehead atoms. The first-order chi connectivity index (χ1) is 17.3. The first-order valence-corrected chi connectivity index (χ1v) is 12.1. The minimum atomic E-state index is -0.669. The SMILES string of the molecule is CCOC(=O)C1CCCN(Cc2c(O)ccc3c(-c4cc5cc(Cl)ccc5oc4=O)cc(=O)oc23)C1. The van der Waals surface area contributed by atoms with Crippen LogP contribution in [0, 0.1) is 5.92 Å². The molecule has 1 fully saturated rings. The highest BCUT2D eigenvalue weighted by atomic mass is 35.5. The number of fused-ring (bicyclic) bond motifs is 2. The number of aromatic hydroxyl groups is 1. The summed E-state index contributed by atoms with van der Waals surface area (Å²) in [4.78, 5) is 39.7. The number of carbonyl (C=O) groups excluding carboxylic acids is 1. The van der Waals surface area contributed by atoms with Crippen LogP contribution in [0.25, 0.3) is 33.1 Å². The maximum Gasteiger partial charge on any atom is 0.344 e. The van der Waals surface area contributed by atoms with Crippen molar-refractivity contribution < 1.29 is 23.5 Å². The first kappa shape index (κ1) is 24.1. The number of hydrogen-bond donors (Lipinski definition) is 1. The van der Waals surface area contributed by atoms with Gasteiger partial charge in [-0.1, -0.05) is 11.6 Å². The van der Waals surface area contributed by atoms with Gasteiger partial charge in [0.05, 0.1) is 23.7 Å². The number of halogens is 1. The molecule has 0 aliphatic carbocycles. The molecule has 36 heavy (non-hydrogen) atoms. The molecule has 5 rings (SSSR count). The van der Waals surface area contributed by atoms with Gasteiger partial charge in [-0.3, -0.25) is 9.69 Å². The topological polar surface area (TPSA) is 110 Å². The molecule has 186 valence electrons. The zero-order chi connectivity index (χ0) is 25.4. The number of phenolic OH excluding ortho intramolecular Hbond substituents is 1. The molecule has 4 aromatic rings. The second kappa shape index (κ2) is 9.79. The summed E-state index contributed by atoms with van der Waals surface area (Å²) in [5.74, 6) is -0.535. The number of rotatable bonds is 5. The zero-order valence-electron chi connectivity index (χ0n) is 19.6. The fraction of sp³-hybridized carbons (Fsp3) is 0.296. The van der Waals surface area contributed by atoms with E-state index in [4.69, 9.17) is 25.2 Å². The van der Waals surface area contributed by atoms with E-state index in [0.29, 0.717) is 52.2 Å². The van der Waals surface area contributed by atoms with Crippen LogP contribution in [0.15, 0.2) is 60.9 Å². The average Bonchev–Trinajstić information content (AvgIpc) is 2.85. The van der Waals surface area contributed by atoms with E-state index in [1.54, 1.807) is 37.3 Å². The van der Waals surface area contributed by atoms with Gasteiger partial charge in [-0.2, -0.15) is 0 Å². The van der Waals surface area contributed by atoms with E-state index >= 15 is 0 Å². The molecule has 8 nitrogen and oxygen atoms in total. The fourth-order valence-corrected chi connectivity index (χ4v) is 4.99. The molecule has 0 amide bonds. The van der Waals surface area contributed by atoms with Gasteiger partial charge >= 0.3 is 17.2 Å². The van der Waals surface area contributed by atoms with E-state index in [9.17, 15) is 19.5 Å². The number of esters is 1. The summed E-state index contributed by atoms with van der Waals surface area (Å²) >= 11 is 6.11. The van der Waals surface area contributed by atoms with Gasteiger partial charge in [0.15, 0.2) is 0 Å². The molecule has 2 aromatic carbocycles. The lowest BCUT2D eigenvalue weighted by Gasteiger charge is -2.31. The Morgan fingerprint density at radius 1 is 1.14 bits per heavy atom. The van der Waals surface area contributed by atoms with Crippen molar-refractivity contribution in [3.63, 3.8) is 0 Å². The predicted octanol–water partition coefficient (Wildman–Crippen LogP) is 4.70. The molecule has 0 radical (unpaired) electrons. The zero-order valence-corrected chi connectivity index (χ0v) is 20.3. The van der Waals surface area contributed by atoms with Crippen molar-refractivity contribution in [2.24, 2.45) is 5.92 Å². The van der Waals surface area contributed by atoms with Gasteiger partial charge in [-0.15, -0.1) is 0 Å². The number of piperidine rings is 1. The monoisotopic (exact) mass is 509 g/mol. The van der Waals surface area contributed by atoms with E-state index in [-0.39, 0.29) is 35.3 Å². The third kappa shape index (κ3) is 4.62. The molecule has 2 aromatic heterocycles. The highest BCUT2D eigenvalue weighted by Gasteiger charge is 2.28. The Morgan fingerprint density at radius 2 is 1.97 bits per heavy atom. The summed E-state index contributed by atoms with van der Waals surface area (Å²) in [7, 11) is 0. The quantitative estimate of drug-likeness (QED) is 0.304. The van der Waals surface area contributed by atoms with Gasteiger partial charge in [0.25, 0.3) is 0 Å². The number of phenols is 1. The highest BCUT2D eigenvalue weighted by molar-refractivity contribution is 6.31. The molecular formula is C27H24ClNO7. The largest absolute Gasteiger partial charge is 0.507 e. The number of hydrogen-bond acceptors (Lipinski definition) is 8. The number of ether oxygens (including phenoxy) is 1. The normalized spacial score (nSPS) is 16.4. The lowest BCUT2D eigenvalue weighted by Crippen LogP contribution is -2.39. The number of nitrogens with zero attached hydrogens (tertiary/aromatic N) is 1. The molecule has 1 atom stereocenters. The van der Waals surface area contributed by atoms with Crippen LogP contribution >= 0.6 is 11.6 Å². The van der Waals surface area contributed by atoms with Crippen LogP contribution in [0.1, 0.15) is 25.3 Å². The summed E-state index contributed by atoms with van der Waals surface area (Å²) in [6, 6.07) is 10.9. The molecule has 1 unspecified atom stereocenters. The van der Waals surface area contributed by atoms with Gasteiger partial charge in [-0.05, 0) is 62.7 Å². The predicted molar refractivity (Wildman–Crippen MR) is 135 cm³/mol. The third-order valence-corrected chi connectivity index (χ3v) is 6.72. The summed E-state index contributed by atoms with van der Waals surface area (Å²) < 4.78 is 16.2. The van der Waals surface area contributed by atoms with Crippen molar-refractivity contribution in [3.05, 3.63) is 73.9 Å². The molecule has 1 N–H and O–H groups in total. The van der Waals surface area contributed by atoms with Gasteiger partial charge < -0.3 is 18.7 Å².